The van der Waals surface area contributed by atoms with E-state index in [0.717, 1.165) is 0 Å². The molecule has 0 fully saturated rings. The molecule has 0 amide bonds. The van der Waals surface area contributed by atoms with Crippen molar-refractivity contribution in [3.63, 3.8) is 0 Å². The highest BCUT2D eigenvalue weighted by Crippen LogP contribution is 2.58. The lowest BCUT2D eigenvalue weighted by atomic mass is 9.84. The van der Waals surface area contributed by atoms with Gasteiger partial charge in [-0.2, -0.15) is 0 Å². The van der Waals surface area contributed by atoms with E-state index in [0.29, 0.717) is 0 Å². The molecule has 0 spiro atoms. The normalized spacial score (nSPS) is 16.7. The first-order valence-corrected chi connectivity index (χ1v) is 15.2. The third kappa shape index (κ3) is 3.45. The minimum absolute atomic E-state index is 0.253. The molecular weight excluding hydrogens is 521 g/mol. The summed E-state index contributed by atoms with van der Waals surface area (Å²) < 4.78 is 0. The van der Waals surface area contributed by atoms with Crippen LogP contribution in [-0.2, 0) is 0 Å². The summed E-state index contributed by atoms with van der Waals surface area (Å²) in [6, 6.07) is 29.4. The van der Waals surface area contributed by atoms with Crippen LogP contribution in [0.3, 0.4) is 0 Å². The summed E-state index contributed by atoms with van der Waals surface area (Å²) in [5.41, 5.74) is 12.2. The van der Waals surface area contributed by atoms with E-state index in [1.54, 1.807) is 0 Å². The number of thioether (sulfide) groups is 1. The van der Waals surface area contributed by atoms with Crippen molar-refractivity contribution in [2.75, 3.05) is 0 Å². The second-order valence-corrected chi connectivity index (χ2v) is 12.9. The van der Waals surface area contributed by atoms with Crippen molar-refractivity contribution in [2.45, 2.75) is 35.5 Å². The monoisotopic (exact) mass is 548 g/mol. The van der Waals surface area contributed by atoms with Gasteiger partial charge < -0.3 is 0 Å². The predicted molar refractivity (Wildman–Crippen MR) is 175 cm³/mol. The maximum absolute atomic E-state index is 4.65. The Morgan fingerprint density at radius 2 is 1.25 bits per heavy atom. The Kier molecular flexibility index (Phi) is 5.86. The minimum Gasteiger partial charge on any atom is -0.124 e. The zero-order valence-corrected chi connectivity index (χ0v) is 24.5. The van der Waals surface area contributed by atoms with E-state index in [1.807, 2.05) is 23.5 Å². The summed E-state index contributed by atoms with van der Waals surface area (Å²) in [5, 5.41) is 5.36. The van der Waals surface area contributed by atoms with Crippen LogP contribution in [0.5, 0.6) is 0 Å². The van der Waals surface area contributed by atoms with Crippen LogP contribution in [0.2, 0.25) is 0 Å². The molecule has 0 saturated heterocycles. The fourth-order valence-corrected chi connectivity index (χ4v) is 9.21. The highest BCUT2D eigenvalue weighted by atomic mass is 32.2. The molecule has 8 rings (SSSR count). The lowest BCUT2D eigenvalue weighted by Crippen LogP contribution is -2.08. The predicted octanol–water partition coefficient (Wildman–Crippen LogP) is 10.8. The van der Waals surface area contributed by atoms with Crippen LogP contribution in [0.25, 0.3) is 32.7 Å². The summed E-state index contributed by atoms with van der Waals surface area (Å²) in [4.78, 5) is 5.24. The molecule has 0 nitrogen and oxygen atoms in total. The molecule has 2 aliphatic heterocycles. The summed E-state index contributed by atoms with van der Waals surface area (Å²) in [6.07, 6.45) is 10.5. The van der Waals surface area contributed by atoms with E-state index in [4.69, 9.17) is 0 Å². The molecule has 0 saturated carbocycles. The van der Waals surface area contributed by atoms with Gasteiger partial charge in [0, 0.05) is 31.1 Å². The van der Waals surface area contributed by atoms with Crippen LogP contribution in [0, 0.1) is 32.6 Å². The average molecular weight is 549 g/mol. The van der Waals surface area contributed by atoms with Crippen molar-refractivity contribution in [3.8, 4) is 12.8 Å². The molecule has 5 aromatic rings. The van der Waals surface area contributed by atoms with Crippen LogP contribution in [-0.4, -0.2) is 0 Å². The third-order valence-corrected chi connectivity index (χ3v) is 10.7. The molecule has 1 atom stereocenters. The largest absolute Gasteiger partial charge is 0.124 e. The molecule has 2 heterocycles. The fraction of sp³-hybridized carbons (Fsp3) is 0.105. The van der Waals surface area contributed by atoms with Crippen molar-refractivity contribution >= 4 is 56.2 Å². The molecule has 2 heteroatoms. The summed E-state index contributed by atoms with van der Waals surface area (Å²) in [7, 11) is 0. The van der Waals surface area contributed by atoms with Crippen molar-refractivity contribution in [1.82, 2.24) is 0 Å². The van der Waals surface area contributed by atoms with Gasteiger partial charge in [-0.05, 0) is 98.1 Å². The second-order valence-electron chi connectivity index (χ2n) is 10.7. The number of rotatable bonds is 0. The van der Waals surface area contributed by atoms with Crippen molar-refractivity contribution < 1.29 is 0 Å². The molecule has 40 heavy (non-hydrogen) atoms. The van der Waals surface area contributed by atoms with Gasteiger partial charge in [-0.15, -0.1) is 12.8 Å². The molecule has 192 valence electrons. The number of fused-ring (bicyclic) bond motifs is 9. The Labute approximate surface area is 244 Å². The highest BCUT2D eigenvalue weighted by Gasteiger charge is 2.35. The minimum atomic E-state index is 0.253. The van der Waals surface area contributed by atoms with Crippen molar-refractivity contribution in [1.29, 1.82) is 0 Å². The Bertz CT molecular complexity index is 2010. The Morgan fingerprint density at radius 1 is 0.675 bits per heavy atom. The molecular formula is C38H28S2. The molecule has 5 aromatic carbocycles. The van der Waals surface area contributed by atoms with Gasteiger partial charge in [-0.3, -0.25) is 0 Å². The first-order valence-electron chi connectivity index (χ1n) is 13.5. The van der Waals surface area contributed by atoms with Gasteiger partial charge >= 0.3 is 0 Å². The van der Waals surface area contributed by atoms with E-state index in [9.17, 15) is 0 Å². The Morgan fingerprint density at radius 3 is 1.90 bits per heavy atom. The molecule has 0 N–H and O–H groups in total. The number of hydrogen-bond acceptors (Lipinski definition) is 2. The zero-order valence-electron chi connectivity index (χ0n) is 22.8. The molecule has 1 unspecified atom stereocenters. The van der Waals surface area contributed by atoms with Gasteiger partial charge in [0.25, 0.3) is 0 Å². The summed E-state index contributed by atoms with van der Waals surface area (Å²) in [6.45, 7) is 11.5. The molecule has 0 bridgehead atoms. The quantitative estimate of drug-likeness (QED) is 0.173. The average Bonchev–Trinajstić information content (AvgIpc) is 3.12. The first-order chi connectivity index (χ1) is 19.5. The van der Waals surface area contributed by atoms with Gasteiger partial charge in [0.15, 0.2) is 0 Å². The number of terminal acetylenes is 1. The van der Waals surface area contributed by atoms with E-state index in [2.05, 4.69) is 125 Å². The molecule has 3 aliphatic rings. The number of hydrogen-bond donors (Lipinski definition) is 0. The molecule has 0 radical (unpaired) electrons. The first kappa shape index (κ1) is 25.1. The lowest BCUT2D eigenvalue weighted by molar-refractivity contribution is 0.893. The van der Waals surface area contributed by atoms with Gasteiger partial charge in [0.05, 0.1) is 0 Å². The fourth-order valence-electron chi connectivity index (χ4n) is 6.75. The SMILES string of the molecule is C#C.C=C1Sc2c(cc(C)c3ccccc23)C2=C1C(C)C=C1c3cc(C)c4ccccc4c3Sc3cccc2c31. The lowest BCUT2D eigenvalue weighted by Gasteiger charge is -2.30. The summed E-state index contributed by atoms with van der Waals surface area (Å²) in [5.74, 6) is 0.253. The van der Waals surface area contributed by atoms with E-state index in [-0.39, 0.29) is 5.92 Å². The van der Waals surface area contributed by atoms with Gasteiger partial charge in [0.2, 0.25) is 0 Å². The maximum Gasteiger partial charge on any atom is 0.0279 e. The maximum atomic E-state index is 4.65. The van der Waals surface area contributed by atoms with Crippen LogP contribution in [0.15, 0.2) is 117 Å². The molecule has 0 aromatic heterocycles. The van der Waals surface area contributed by atoms with E-state index < -0.39 is 0 Å². The Balaban J connectivity index is 0.00000130. The smallest absolute Gasteiger partial charge is 0.0279 e. The van der Waals surface area contributed by atoms with Crippen LogP contribution in [0.4, 0.5) is 0 Å². The topological polar surface area (TPSA) is 0 Å². The van der Waals surface area contributed by atoms with Crippen molar-refractivity contribution in [3.05, 3.63) is 135 Å². The third-order valence-electron chi connectivity index (χ3n) is 8.41. The summed E-state index contributed by atoms with van der Waals surface area (Å²) >= 11 is 3.79. The van der Waals surface area contributed by atoms with Crippen LogP contribution in [0.1, 0.15) is 40.3 Å². The van der Waals surface area contributed by atoms with Crippen molar-refractivity contribution in [2.24, 2.45) is 5.92 Å². The van der Waals surface area contributed by atoms with Crippen LogP contribution >= 0.6 is 23.5 Å². The van der Waals surface area contributed by atoms with Gasteiger partial charge in [-0.25, -0.2) is 0 Å². The Hall–Kier alpha value is -3.90. The van der Waals surface area contributed by atoms with E-state index in [1.165, 1.54) is 91.2 Å². The highest BCUT2D eigenvalue weighted by molar-refractivity contribution is 8.03. The van der Waals surface area contributed by atoms with Gasteiger partial charge in [-0.1, -0.05) is 104 Å². The van der Waals surface area contributed by atoms with Gasteiger partial charge in [0.1, 0.15) is 0 Å². The number of benzene rings is 5. The standard InChI is InChI=1S/C36H26S2.C2H2/c1-19-16-29-28-18-21(3)32-22(4)37-36-26-13-8-6-11-24(26)20(2)17-30(36)34(32)27-14-9-15-31(33(27)28)38-35(29)25-12-7-5-10-23(19)25;1-2/h5-18,21H,4H2,1-3H3;1-2H. The van der Waals surface area contributed by atoms with E-state index >= 15 is 0 Å². The zero-order chi connectivity index (χ0) is 27.7. The molecule has 1 aliphatic carbocycles. The number of aryl methyl sites for hydroxylation is 2. The van der Waals surface area contributed by atoms with Crippen LogP contribution < -0.4 is 0 Å². The number of allylic oxidation sites excluding steroid dienone is 2. The second kappa shape index (κ2) is 9.34.